The molecule has 0 amide bonds. The summed E-state index contributed by atoms with van der Waals surface area (Å²) < 4.78 is 39.1. The van der Waals surface area contributed by atoms with Gasteiger partial charge in [-0.05, 0) is 30.5 Å². The summed E-state index contributed by atoms with van der Waals surface area (Å²) in [7, 11) is 0. The zero-order chi connectivity index (χ0) is 14.1. The van der Waals surface area contributed by atoms with Crippen molar-refractivity contribution in [3.63, 3.8) is 0 Å². The van der Waals surface area contributed by atoms with E-state index < -0.39 is 23.0 Å². The van der Waals surface area contributed by atoms with Crippen molar-refractivity contribution in [1.29, 1.82) is 0 Å². The Morgan fingerprint density at radius 2 is 1.89 bits per heavy atom. The number of hydrogen-bond acceptors (Lipinski definition) is 3. The maximum Gasteiger partial charge on any atom is 0.416 e. The van der Waals surface area contributed by atoms with E-state index in [2.05, 4.69) is 4.99 Å². The van der Waals surface area contributed by atoms with Gasteiger partial charge in [-0.15, -0.1) is 0 Å². The van der Waals surface area contributed by atoms with Crippen molar-refractivity contribution in [1.82, 2.24) is 0 Å². The Hall–Kier alpha value is -1.81. The molecule has 19 heavy (non-hydrogen) atoms. The highest BCUT2D eigenvalue weighted by atomic mass is 19.4. The number of phenols is 1. The number of hydrogen-bond donors (Lipinski definition) is 1. The summed E-state index contributed by atoms with van der Waals surface area (Å²) in [5.74, 6) is -0.459. The van der Waals surface area contributed by atoms with Gasteiger partial charge in [0.15, 0.2) is 0 Å². The van der Waals surface area contributed by atoms with Crippen LogP contribution in [0.5, 0.6) is 5.75 Å². The van der Waals surface area contributed by atoms with E-state index in [9.17, 15) is 23.1 Å². The van der Waals surface area contributed by atoms with E-state index in [4.69, 9.17) is 0 Å². The van der Waals surface area contributed by atoms with E-state index in [0.717, 1.165) is 0 Å². The number of isocyanates is 1. The van der Waals surface area contributed by atoms with E-state index in [1.54, 1.807) is 0 Å². The summed E-state index contributed by atoms with van der Waals surface area (Å²) in [5, 5.41) is 9.25. The van der Waals surface area contributed by atoms with Crippen LogP contribution in [0.4, 0.5) is 13.2 Å². The van der Waals surface area contributed by atoms with E-state index in [1.807, 2.05) is 0 Å². The fourth-order valence-electron chi connectivity index (χ4n) is 2.66. The Morgan fingerprint density at radius 3 is 2.42 bits per heavy atom. The summed E-state index contributed by atoms with van der Waals surface area (Å²) in [6.45, 7) is 0. The van der Waals surface area contributed by atoms with Gasteiger partial charge in [-0.25, -0.2) is 4.79 Å². The lowest BCUT2D eigenvalue weighted by molar-refractivity contribution is -0.138. The molecule has 3 nitrogen and oxygen atoms in total. The van der Waals surface area contributed by atoms with Crippen LogP contribution in [0.1, 0.15) is 36.8 Å². The lowest BCUT2D eigenvalue weighted by Crippen LogP contribution is -2.24. The highest BCUT2D eigenvalue weighted by Crippen LogP contribution is 2.47. The van der Waals surface area contributed by atoms with Crippen LogP contribution in [0.25, 0.3) is 0 Å². The molecule has 1 saturated carbocycles. The van der Waals surface area contributed by atoms with Crippen molar-refractivity contribution in [2.24, 2.45) is 4.99 Å². The molecular formula is C13H12F3NO2. The van der Waals surface area contributed by atoms with Crippen LogP contribution in [0.3, 0.4) is 0 Å². The summed E-state index contributed by atoms with van der Waals surface area (Å²) in [5.41, 5.74) is -2.15. The highest BCUT2D eigenvalue weighted by molar-refractivity contribution is 5.45. The van der Waals surface area contributed by atoms with Crippen LogP contribution in [0.15, 0.2) is 23.2 Å². The highest BCUT2D eigenvalue weighted by Gasteiger charge is 2.43. The topological polar surface area (TPSA) is 49.7 Å². The minimum atomic E-state index is -4.60. The molecule has 0 aromatic heterocycles. The van der Waals surface area contributed by atoms with E-state index in [-0.39, 0.29) is 5.56 Å². The van der Waals surface area contributed by atoms with Crippen molar-refractivity contribution in [2.75, 3.05) is 0 Å². The zero-order valence-corrected chi connectivity index (χ0v) is 10.00. The average Bonchev–Trinajstić information content (AvgIpc) is 2.78. The molecule has 1 aromatic carbocycles. The van der Waals surface area contributed by atoms with Crippen LogP contribution in [0, 0.1) is 0 Å². The second-order valence-electron chi connectivity index (χ2n) is 4.67. The Bertz CT molecular complexity index is 527. The first-order valence-corrected chi connectivity index (χ1v) is 5.89. The molecule has 1 aromatic rings. The number of alkyl halides is 3. The summed E-state index contributed by atoms with van der Waals surface area (Å²) in [4.78, 5) is 14.2. The van der Waals surface area contributed by atoms with Crippen LogP contribution in [-0.2, 0) is 16.5 Å². The number of rotatable bonds is 2. The average molecular weight is 271 g/mol. The molecule has 2 rings (SSSR count). The molecule has 0 heterocycles. The first kappa shape index (κ1) is 13.6. The fraction of sp³-hybridized carbons (Fsp3) is 0.462. The standard InChI is InChI=1S/C13H12F3NO2/c14-13(15,16)11-7-9(19)3-4-10(11)12(17-8-18)5-1-2-6-12/h3-4,7,19H,1-2,5-6H2. The molecule has 0 spiro atoms. The monoisotopic (exact) mass is 271 g/mol. The largest absolute Gasteiger partial charge is 0.508 e. The number of phenolic OH excluding ortho intramolecular Hbond substituents is 1. The van der Waals surface area contributed by atoms with Gasteiger partial charge in [0.25, 0.3) is 0 Å². The van der Waals surface area contributed by atoms with Gasteiger partial charge >= 0.3 is 6.18 Å². The van der Waals surface area contributed by atoms with Gasteiger partial charge in [-0.3, -0.25) is 0 Å². The number of nitrogens with zero attached hydrogens (tertiary/aromatic N) is 1. The third-order valence-electron chi connectivity index (χ3n) is 3.50. The molecule has 1 N–H and O–H groups in total. The molecular weight excluding hydrogens is 259 g/mol. The van der Waals surface area contributed by atoms with E-state index >= 15 is 0 Å². The predicted octanol–water partition coefficient (Wildman–Crippen LogP) is 3.52. The van der Waals surface area contributed by atoms with Crippen molar-refractivity contribution in [2.45, 2.75) is 37.4 Å². The normalized spacial score (nSPS) is 18.1. The number of benzene rings is 1. The second-order valence-corrected chi connectivity index (χ2v) is 4.67. The van der Waals surface area contributed by atoms with Gasteiger partial charge in [-0.1, -0.05) is 18.9 Å². The number of aromatic hydroxyl groups is 1. The minimum Gasteiger partial charge on any atom is -0.508 e. The Kier molecular flexibility index (Phi) is 3.37. The van der Waals surface area contributed by atoms with Gasteiger partial charge in [0, 0.05) is 0 Å². The molecule has 1 aliphatic rings. The third-order valence-corrected chi connectivity index (χ3v) is 3.50. The number of aliphatic imine (C=N–C) groups is 1. The molecule has 0 bridgehead atoms. The second kappa shape index (κ2) is 4.70. The molecule has 0 radical (unpaired) electrons. The maximum atomic E-state index is 13.0. The number of halogens is 3. The zero-order valence-electron chi connectivity index (χ0n) is 10.00. The van der Waals surface area contributed by atoms with Crippen molar-refractivity contribution in [3.8, 4) is 5.75 Å². The SMILES string of the molecule is O=C=NC1(c2ccc(O)cc2C(F)(F)F)CCCC1. The Morgan fingerprint density at radius 1 is 1.26 bits per heavy atom. The van der Waals surface area contributed by atoms with Gasteiger partial charge in [0.1, 0.15) is 5.75 Å². The molecule has 1 fully saturated rings. The van der Waals surface area contributed by atoms with Gasteiger partial charge in [0.2, 0.25) is 6.08 Å². The van der Waals surface area contributed by atoms with E-state index in [1.165, 1.54) is 18.2 Å². The van der Waals surface area contributed by atoms with Crippen LogP contribution in [0.2, 0.25) is 0 Å². The van der Waals surface area contributed by atoms with Gasteiger partial charge < -0.3 is 5.11 Å². The lowest BCUT2D eigenvalue weighted by atomic mass is 9.85. The van der Waals surface area contributed by atoms with Crippen LogP contribution >= 0.6 is 0 Å². The first-order chi connectivity index (χ1) is 8.89. The van der Waals surface area contributed by atoms with Crippen LogP contribution in [-0.4, -0.2) is 11.2 Å². The third kappa shape index (κ3) is 2.49. The predicted molar refractivity (Wildman–Crippen MR) is 61.4 cm³/mol. The molecule has 102 valence electrons. The Labute approximate surface area is 107 Å². The quantitative estimate of drug-likeness (QED) is 0.661. The molecule has 0 atom stereocenters. The summed E-state index contributed by atoms with van der Waals surface area (Å²) in [6.07, 6.45) is -1.01. The van der Waals surface area contributed by atoms with Crippen molar-refractivity contribution in [3.05, 3.63) is 29.3 Å². The van der Waals surface area contributed by atoms with Crippen LogP contribution < -0.4 is 0 Å². The van der Waals surface area contributed by atoms with Crippen molar-refractivity contribution >= 4 is 6.08 Å². The van der Waals surface area contributed by atoms with E-state index in [0.29, 0.717) is 31.7 Å². The number of carbonyl (C=O) groups excluding carboxylic acids is 1. The van der Waals surface area contributed by atoms with Gasteiger partial charge in [-0.2, -0.15) is 18.2 Å². The summed E-state index contributed by atoms with van der Waals surface area (Å²) >= 11 is 0. The molecule has 1 aliphatic carbocycles. The maximum absolute atomic E-state index is 13.0. The molecule has 0 saturated heterocycles. The molecule has 6 heteroatoms. The molecule has 0 unspecified atom stereocenters. The lowest BCUT2D eigenvalue weighted by Gasteiger charge is -2.26. The first-order valence-electron chi connectivity index (χ1n) is 5.89. The summed E-state index contributed by atoms with van der Waals surface area (Å²) in [6, 6.07) is 3.06. The van der Waals surface area contributed by atoms with Gasteiger partial charge in [0.05, 0.1) is 11.1 Å². The molecule has 0 aliphatic heterocycles. The smallest absolute Gasteiger partial charge is 0.416 e. The minimum absolute atomic E-state index is 0.0568. The Balaban J connectivity index is 2.64. The van der Waals surface area contributed by atoms with Crippen molar-refractivity contribution < 1.29 is 23.1 Å². The fourth-order valence-corrected chi connectivity index (χ4v) is 2.66.